The molecule has 1 spiro atoms. The minimum atomic E-state index is -0.303. The van der Waals surface area contributed by atoms with Crippen LogP contribution in [-0.2, 0) is 9.53 Å². The molecular weight excluding hydrogens is 340 g/mol. The van der Waals surface area contributed by atoms with Gasteiger partial charge in [0.25, 0.3) is 5.91 Å². The van der Waals surface area contributed by atoms with Crippen LogP contribution in [-0.4, -0.2) is 72.0 Å². The predicted molar refractivity (Wildman–Crippen MR) is 96.8 cm³/mol. The lowest BCUT2D eigenvalue weighted by atomic mass is 9.89. The van der Waals surface area contributed by atoms with Crippen molar-refractivity contribution in [2.24, 2.45) is 0 Å². The first kappa shape index (κ1) is 18.3. The van der Waals surface area contributed by atoms with Crippen LogP contribution >= 0.6 is 11.8 Å². The fourth-order valence-electron chi connectivity index (χ4n) is 3.56. The van der Waals surface area contributed by atoms with E-state index in [0.29, 0.717) is 45.0 Å². The number of carbonyl (C=O) groups is 2. The summed E-state index contributed by atoms with van der Waals surface area (Å²) < 4.78 is 11.4. The van der Waals surface area contributed by atoms with E-state index in [4.69, 9.17) is 9.15 Å². The Morgan fingerprint density at radius 3 is 2.64 bits per heavy atom. The number of piperidine rings is 1. The fourth-order valence-corrected chi connectivity index (χ4v) is 3.94. The zero-order chi connectivity index (χ0) is 17.9. The minimum Gasteiger partial charge on any atom is -0.459 e. The fraction of sp³-hybridized carbons (Fsp3) is 0.667. The lowest BCUT2D eigenvalue weighted by molar-refractivity contribution is -0.157. The second-order valence-electron chi connectivity index (χ2n) is 6.81. The number of amides is 2. The minimum absolute atomic E-state index is 0.0546. The van der Waals surface area contributed by atoms with Gasteiger partial charge in [-0.05, 0) is 32.1 Å². The molecule has 25 heavy (non-hydrogen) atoms. The number of rotatable bonds is 4. The van der Waals surface area contributed by atoms with Gasteiger partial charge in [-0.25, -0.2) is 0 Å². The van der Waals surface area contributed by atoms with Gasteiger partial charge in [0.15, 0.2) is 5.76 Å². The second kappa shape index (κ2) is 7.83. The molecule has 1 aromatic heterocycles. The van der Waals surface area contributed by atoms with Crippen LogP contribution in [0, 0.1) is 6.92 Å². The third-order valence-corrected chi connectivity index (χ3v) is 5.75. The largest absolute Gasteiger partial charge is 0.459 e. The van der Waals surface area contributed by atoms with Crippen LogP contribution in [0.3, 0.4) is 0 Å². The van der Waals surface area contributed by atoms with Gasteiger partial charge in [0.05, 0.1) is 18.5 Å². The molecule has 7 heteroatoms. The van der Waals surface area contributed by atoms with E-state index >= 15 is 0 Å². The molecule has 0 aromatic carbocycles. The monoisotopic (exact) mass is 366 g/mol. The predicted octanol–water partition coefficient (Wildman–Crippen LogP) is 2.17. The molecule has 2 saturated heterocycles. The molecule has 0 bridgehead atoms. The van der Waals surface area contributed by atoms with Crippen LogP contribution in [0.1, 0.15) is 35.4 Å². The Hall–Kier alpha value is -1.47. The Kier molecular flexibility index (Phi) is 5.74. The number of hydrogen-bond donors (Lipinski definition) is 0. The van der Waals surface area contributed by atoms with Gasteiger partial charge < -0.3 is 19.0 Å². The number of ether oxygens (including phenoxy) is 1. The van der Waals surface area contributed by atoms with E-state index in [9.17, 15) is 9.59 Å². The third-order valence-electron chi connectivity index (χ3n) is 5.14. The Morgan fingerprint density at radius 2 is 2.00 bits per heavy atom. The van der Waals surface area contributed by atoms with Crippen LogP contribution in [0.2, 0.25) is 0 Å². The molecule has 2 amide bonds. The Balaban J connectivity index is 1.58. The van der Waals surface area contributed by atoms with Gasteiger partial charge >= 0.3 is 0 Å². The zero-order valence-electron chi connectivity index (χ0n) is 15.0. The van der Waals surface area contributed by atoms with Crippen molar-refractivity contribution in [2.45, 2.75) is 31.8 Å². The summed E-state index contributed by atoms with van der Waals surface area (Å²) in [5.74, 6) is 1.44. The highest BCUT2D eigenvalue weighted by atomic mass is 32.2. The van der Waals surface area contributed by atoms with E-state index in [1.54, 1.807) is 24.1 Å². The number of hydrogen-bond acceptors (Lipinski definition) is 5. The highest BCUT2D eigenvalue weighted by molar-refractivity contribution is 7.98. The number of likely N-dealkylation sites (tertiary alicyclic amines) is 1. The number of morpholine rings is 1. The number of nitrogens with zero attached hydrogens (tertiary/aromatic N) is 2. The summed E-state index contributed by atoms with van der Waals surface area (Å²) in [5, 5.41) is 0. The molecule has 3 rings (SSSR count). The summed E-state index contributed by atoms with van der Waals surface area (Å²) in [6.07, 6.45) is 5.66. The molecule has 2 aliphatic heterocycles. The van der Waals surface area contributed by atoms with Crippen LogP contribution in [0.15, 0.2) is 16.7 Å². The van der Waals surface area contributed by atoms with Crippen molar-refractivity contribution in [3.63, 3.8) is 0 Å². The summed E-state index contributed by atoms with van der Waals surface area (Å²) >= 11 is 1.69. The molecule has 0 unspecified atom stereocenters. The molecule has 1 aromatic rings. The van der Waals surface area contributed by atoms with E-state index in [-0.39, 0.29) is 17.4 Å². The molecule has 0 aliphatic carbocycles. The lowest BCUT2D eigenvalue weighted by Gasteiger charge is -2.47. The van der Waals surface area contributed by atoms with Crippen LogP contribution in [0.5, 0.6) is 0 Å². The van der Waals surface area contributed by atoms with Crippen molar-refractivity contribution in [3.8, 4) is 0 Å². The number of aryl methyl sites for hydroxylation is 1. The lowest BCUT2D eigenvalue weighted by Crippen LogP contribution is -2.58. The first-order valence-corrected chi connectivity index (χ1v) is 10.2. The smallest absolute Gasteiger partial charge is 0.289 e. The van der Waals surface area contributed by atoms with E-state index in [1.807, 2.05) is 23.0 Å². The van der Waals surface area contributed by atoms with E-state index in [2.05, 4.69) is 0 Å². The molecule has 138 valence electrons. The van der Waals surface area contributed by atoms with Gasteiger partial charge in [-0.1, -0.05) is 0 Å². The van der Waals surface area contributed by atoms with E-state index in [1.165, 1.54) is 0 Å². The molecule has 0 N–H and O–H groups in total. The average molecular weight is 366 g/mol. The van der Waals surface area contributed by atoms with Gasteiger partial charge in [-0.2, -0.15) is 11.8 Å². The number of thioether (sulfide) groups is 1. The van der Waals surface area contributed by atoms with Crippen molar-refractivity contribution in [1.82, 2.24) is 9.80 Å². The molecule has 2 aliphatic rings. The van der Waals surface area contributed by atoms with Gasteiger partial charge in [0.2, 0.25) is 5.91 Å². The Bertz CT molecular complexity index is 622. The topological polar surface area (TPSA) is 63.0 Å². The maximum Gasteiger partial charge on any atom is 0.289 e. The standard InChI is InChI=1S/C18H26N2O4S/c1-14-3-10-23-16(14)17(22)19-7-5-18(6-8-19)13-20(9-11-24-18)15(21)4-12-25-2/h3,10H,4-9,11-13H2,1-2H3. The highest BCUT2D eigenvalue weighted by Crippen LogP contribution is 2.31. The summed E-state index contributed by atoms with van der Waals surface area (Å²) in [6.45, 7) is 5.03. The molecule has 3 heterocycles. The van der Waals surface area contributed by atoms with Crippen LogP contribution in [0.4, 0.5) is 0 Å². The summed E-state index contributed by atoms with van der Waals surface area (Å²) in [5.41, 5.74) is 0.562. The average Bonchev–Trinajstić information content (AvgIpc) is 3.06. The molecule has 6 nitrogen and oxygen atoms in total. The maximum absolute atomic E-state index is 12.6. The van der Waals surface area contributed by atoms with Gasteiger partial charge in [-0.15, -0.1) is 0 Å². The molecule has 0 atom stereocenters. The molecule has 0 radical (unpaired) electrons. The maximum atomic E-state index is 12.6. The van der Waals surface area contributed by atoms with Crippen molar-refractivity contribution >= 4 is 23.6 Å². The molecular formula is C18H26N2O4S. The normalized spacial score (nSPS) is 20.1. The Labute approximate surface area is 152 Å². The van der Waals surface area contributed by atoms with Crippen LogP contribution < -0.4 is 0 Å². The van der Waals surface area contributed by atoms with Crippen molar-refractivity contribution in [2.75, 3.05) is 44.8 Å². The Morgan fingerprint density at radius 1 is 1.24 bits per heavy atom. The quantitative estimate of drug-likeness (QED) is 0.817. The summed E-state index contributed by atoms with van der Waals surface area (Å²) in [7, 11) is 0. The number of carbonyl (C=O) groups excluding carboxylic acids is 2. The van der Waals surface area contributed by atoms with Crippen molar-refractivity contribution in [3.05, 3.63) is 23.7 Å². The molecule has 2 fully saturated rings. The van der Waals surface area contributed by atoms with E-state index in [0.717, 1.165) is 24.2 Å². The summed E-state index contributed by atoms with van der Waals surface area (Å²) in [4.78, 5) is 28.7. The summed E-state index contributed by atoms with van der Waals surface area (Å²) in [6, 6.07) is 1.81. The van der Waals surface area contributed by atoms with E-state index < -0.39 is 0 Å². The van der Waals surface area contributed by atoms with Crippen molar-refractivity contribution < 1.29 is 18.7 Å². The zero-order valence-corrected chi connectivity index (χ0v) is 15.8. The van der Waals surface area contributed by atoms with Gasteiger partial charge in [0.1, 0.15) is 0 Å². The third kappa shape index (κ3) is 4.03. The van der Waals surface area contributed by atoms with Gasteiger partial charge in [0, 0.05) is 43.9 Å². The second-order valence-corrected chi connectivity index (χ2v) is 7.80. The highest BCUT2D eigenvalue weighted by Gasteiger charge is 2.42. The SMILES string of the molecule is CSCCC(=O)N1CCOC2(CCN(C(=O)c3occc3C)CC2)C1. The number of furan rings is 1. The van der Waals surface area contributed by atoms with Crippen molar-refractivity contribution in [1.29, 1.82) is 0 Å². The first-order chi connectivity index (χ1) is 12.0. The first-order valence-electron chi connectivity index (χ1n) is 8.79. The van der Waals surface area contributed by atoms with Crippen LogP contribution in [0.25, 0.3) is 0 Å². The van der Waals surface area contributed by atoms with Gasteiger partial charge in [-0.3, -0.25) is 9.59 Å². The molecule has 0 saturated carbocycles.